The van der Waals surface area contributed by atoms with Crippen LogP contribution < -0.4 is 5.32 Å². The highest BCUT2D eigenvalue weighted by molar-refractivity contribution is 7.15. The van der Waals surface area contributed by atoms with Crippen LogP contribution in [0, 0.1) is 0 Å². The van der Waals surface area contributed by atoms with Gasteiger partial charge in [-0.1, -0.05) is 0 Å². The summed E-state index contributed by atoms with van der Waals surface area (Å²) in [6.07, 6.45) is 4.50. The smallest absolute Gasteiger partial charge is 0.183 e. The van der Waals surface area contributed by atoms with Crippen molar-refractivity contribution >= 4 is 16.5 Å². The molecule has 2 heterocycles. The molecule has 1 saturated carbocycles. The Kier molecular flexibility index (Phi) is 3.08. The second-order valence-electron chi connectivity index (χ2n) is 6.02. The molecule has 2 aliphatic rings. The highest BCUT2D eigenvalue weighted by atomic mass is 32.1. The lowest BCUT2D eigenvalue weighted by molar-refractivity contribution is -0.261. The number of hydrogen-bond acceptors (Lipinski definition) is 5. The molecule has 1 aromatic heterocycles. The van der Waals surface area contributed by atoms with Crippen LogP contribution in [-0.4, -0.2) is 29.5 Å². The van der Waals surface area contributed by atoms with Crippen LogP contribution in [0.25, 0.3) is 0 Å². The van der Waals surface area contributed by atoms with Gasteiger partial charge in [0.25, 0.3) is 0 Å². The maximum absolute atomic E-state index is 5.82. The fraction of sp³-hybridized carbons (Fsp3) is 0.769. The first-order valence-corrected chi connectivity index (χ1v) is 7.34. The van der Waals surface area contributed by atoms with Gasteiger partial charge in [-0.2, -0.15) is 0 Å². The van der Waals surface area contributed by atoms with E-state index in [0.29, 0.717) is 6.61 Å². The standard InChI is InChI=1S/C13H20N2O2S/c1-13(2,3)17-11-9(7-16-11)15-12-14-6-10(18-12)8-4-5-8/h6,8-9,11H,4-5,7H2,1-3H3,(H,14,15). The highest BCUT2D eigenvalue weighted by Crippen LogP contribution is 2.43. The molecule has 3 rings (SSSR count). The van der Waals surface area contributed by atoms with Crippen LogP contribution in [0.15, 0.2) is 6.20 Å². The topological polar surface area (TPSA) is 43.4 Å². The predicted octanol–water partition coefficient (Wildman–Crippen LogP) is 2.97. The average molecular weight is 268 g/mol. The molecule has 100 valence electrons. The van der Waals surface area contributed by atoms with E-state index in [2.05, 4.69) is 10.3 Å². The van der Waals surface area contributed by atoms with Crippen molar-refractivity contribution < 1.29 is 9.47 Å². The lowest BCUT2D eigenvalue weighted by Gasteiger charge is -2.40. The first-order chi connectivity index (χ1) is 8.51. The Balaban J connectivity index is 1.55. The molecule has 1 saturated heterocycles. The summed E-state index contributed by atoms with van der Waals surface area (Å²) in [6, 6.07) is 0.224. The number of hydrogen-bond donors (Lipinski definition) is 1. The SMILES string of the molecule is CC(C)(C)OC1OCC1Nc1ncc(C2CC2)s1. The van der Waals surface area contributed by atoms with Gasteiger partial charge in [0, 0.05) is 11.1 Å². The summed E-state index contributed by atoms with van der Waals surface area (Å²) in [7, 11) is 0. The molecule has 2 fully saturated rings. The monoisotopic (exact) mass is 268 g/mol. The summed E-state index contributed by atoms with van der Waals surface area (Å²) in [4.78, 5) is 5.83. The molecule has 1 N–H and O–H groups in total. The second-order valence-corrected chi connectivity index (χ2v) is 7.09. The minimum atomic E-state index is -0.174. The normalized spacial score (nSPS) is 27.9. The summed E-state index contributed by atoms with van der Waals surface area (Å²) >= 11 is 1.77. The van der Waals surface area contributed by atoms with Gasteiger partial charge >= 0.3 is 0 Å². The van der Waals surface area contributed by atoms with Crippen molar-refractivity contribution in [2.24, 2.45) is 0 Å². The van der Waals surface area contributed by atoms with Gasteiger partial charge in [0.2, 0.25) is 0 Å². The third-order valence-corrected chi connectivity index (χ3v) is 4.14. The molecular weight excluding hydrogens is 248 g/mol. The third kappa shape index (κ3) is 2.84. The molecule has 1 aliphatic carbocycles. The van der Waals surface area contributed by atoms with E-state index >= 15 is 0 Å². The number of aromatic nitrogens is 1. The lowest BCUT2D eigenvalue weighted by atomic mass is 10.1. The van der Waals surface area contributed by atoms with Gasteiger partial charge in [-0.25, -0.2) is 4.98 Å². The number of anilines is 1. The van der Waals surface area contributed by atoms with Crippen LogP contribution in [0.2, 0.25) is 0 Å². The Morgan fingerprint density at radius 2 is 2.22 bits per heavy atom. The Labute approximate surface area is 112 Å². The number of nitrogens with zero attached hydrogens (tertiary/aromatic N) is 1. The fourth-order valence-electron chi connectivity index (χ4n) is 1.91. The number of rotatable bonds is 4. The zero-order valence-electron chi connectivity index (χ0n) is 11.1. The molecule has 1 aliphatic heterocycles. The van der Waals surface area contributed by atoms with Crippen molar-refractivity contribution in [1.29, 1.82) is 0 Å². The fourth-order valence-corrected chi connectivity index (χ4v) is 2.96. The zero-order chi connectivity index (χ0) is 12.8. The van der Waals surface area contributed by atoms with E-state index in [0.717, 1.165) is 11.0 Å². The summed E-state index contributed by atoms with van der Waals surface area (Å²) < 4.78 is 11.3. The zero-order valence-corrected chi connectivity index (χ0v) is 11.9. The van der Waals surface area contributed by atoms with Crippen molar-refractivity contribution in [1.82, 2.24) is 4.98 Å². The molecule has 2 atom stereocenters. The molecular formula is C13H20N2O2S. The molecule has 18 heavy (non-hydrogen) atoms. The van der Waals surface area contributed by atoms with Crippen molar-refractivity contribution in [3.05, 3.63) is 11.1 Å². The first kappa shape index (κ1) is 12.4. The van der Waals surface area contributed by atoms with Gasteiger partial charge in [-0.3, -0.25) is 0 Å². The maximum atomic E-state index is 5.82. The van der Waals surface area contributed by atoms with Crippen molar-refractivity contribution in [3.63, 3.8) is 0 Å². The van der Waals surface area contributed by atoms with E-state index in [9.17, 15) is 0 Å². The molecule has 1 aromatic rings. The second kappa shape index (κ2) is 4.47. The van der Waals surface area contributed by atoms with Crippen LogP contribution in [-0.2, 0) is 9.47 Å². The van der Waals surface area contributed by atoms with Gasteiger partial charge in [-0.15, -0.1) is 11.3 Å². The minimum Gasteiger partial charge on any atom is -0.351 e. The van der Waals surface area contributed by atoms with Crippen LogP contribution in [0.5, 0.6) is 0 Å². The van der Waals surface area contributed by atoms with Gasteiger partial charge < -0.3 is 14.8 Å². The Morgan fingerprint density at radius 3 is 2.78 bits per heavy atom. The molecule has 4 nitrogen and oxygen atoms in total. The molecule has 2 unspecified atom stereocenters. The quantitative estimate of drug-likeness (QED) is 0.911. The van der Waals surface area contributed by atoms with E-state index in [4.69, 9.17) is 9.47 Å². The van der Waals surface area contributed by atoms with Gasteiger partial charge in [0.15, 0.2) is 11.4 Å². The largest absolute Gasteiger partial charge is 0.351 e. The number of thiazole rings is 1. The van der Waals surface area contributed by atoms with Crippen LogP contribution in [0.1, 0.15) is 44.4 Å². The van der Waals surface area contributed by atoms with Crippen molar-refractivity contribution in [2.75, 3.05) is 11.9 Å². The Morgan fingerprint density at radius 1 is 1.44 bits per heavy atom. The van der Waals surface area contributed by atoms with Gasteiger partial charge in [-0.05, 0) is 39.5 Å². The summed E-state index contributed by atoms with van der Waals surface area (Å²) in [5.41, 5.74) is -0.174. The van der Waals surface area contributed by atoms with Crippen LogP contribution >= 0.6 is 11.3 Å². The lowest BCUT2D eigenvalue weighted by Crippen LogP contribution is -2.53. The van der Waals surface area contributed by atoms with Crippen LogP contribution in [0.4, 0.5) is 5.13 Å². The third-order valence-electron chi connectivity index (χ3n) is 3.05. The molecule has 0 spiro atoms. The van der Waals surface area contributed by atoms with E-state index in [-0.39, 0.29) is 17.9 Å². The Hall–Kier alpha value is -0.650. The number of ether oxygens (including phenoxy) is 2. The predicted molar refractivity (Wildman–Crippen MR) is 72.1 cm³/mol. The highest BCUT2D eigenvalue weighted by Gasteiger charge is 2.37. The summed E-state index contributed by atoms with van der Waals surface area (Å²) in [5.74, 6) is 0.775. The van der Waals surface area contributed by atoms with E-state index in [1.54, 1.807) is 11.3 Å². The molecule has 0 aromatic carbocycles. The average Bonchev–Trinajstić information content (AvgIpc) is 3.01. The number of nitrogens with one attached hydrogen (secondary N) is 1. The molecule has 0 radical (unpaired) electrons. The van der Waals surface area contributed by atoms with E-state index in [1.807, 2.05) is 27.0 Å². The maximum Gasteiger partial charge on any atom is 0.183 e. The Bertz CT molecular complexity index is 423. The van der Waals surface area contributed by atoms with E-state index in [1.165, 1.54) is 17.7 Å². The molecule has 5 heteroatoms. The van der Waals surface area contributed by atoms with Crippen LogP contribution in [0.3, 0.4) is 0 Å². The van der Waals surface area contributed by atoms with Crippen molar-refractivity contribution in [2.45, 2.75) is 57.5 Å². The molecule has 0 amide bonds. The summed E-state index contributed by atoms with van der Waals surface area (Å²) in [5, 5.41) is 4.40. The first-order valence-electron chi connectivity index (χ1n) is 6.53. The molecule has 0 bridgehead atoms. The van der Waals surface area contributed by atoms with Gasteiger partial charge in [0.1, 0.15) is 6.04 Å². The van der Waals surface area contributed by atoms with Crippen molar-refractivity contribution in [3.8, 4) is 0 Å². The van der Waals surface area contributed by atoms with Gasteiger partial charge in [0.05, 0.1) is 12.2 Å². The van der Waals surface area contributed by atoms with E-state index < -0.39 is 0 Å². The summed E-state index contributed by atoms with van der Waals surface area (Å²) in [6.45, 7) is 6.82. The minimum absolute atomic E-state index is 0.154.